The number of amides is 1. The van der Waals surface area contributed by atoms with E-state index in [1.807, 2.05) is 13.0 Å². The van der Waals surface area contributed by atoms with Gasteiger partial charge in [0.2, 0.25) is 0 Å². The number of aryl methyl sites for hydroxylation is 1. The second kappa shape index (κ2) is 5.48. The number of carbonyl (C=O) groups is 1. The van der Waals surface area contributed by atoms with Crippen LogP contribution < -0.4 is 5.32 Å². The molecule has 0 unspecified atom stereocenters. The number of rotatable bonds is 3. The Kier molecular flexibility index (Phi) is 3.75. The Morgan fingerprint density at radius 3 is 2.89 bits per heavy atom. The first-order valence-corrected chi connectivity index (χ1v) is 5.74. The van der Waals surface area contributed by atoms with E-state index >= 15 is 0 Å². The third-order valence-electron chi connectivity index (χ3n) is 2.79. The maximum absolute atomic E-state index is 12.8. The molecule has 0 saturated carbocycles. The molecule has 1 aromatic carbocycles. The van der Waals surface area contributed by atoms with Gasteiger partial charge in [-0.1, -0.05) is 0 Å². The molecule has 2 N–H and O–H groups in total. The molecule has 0 bridgehead atoms. The van der Waals surface area contributed by atoms with Gasteiger partial charge in [0.05, 0.1) is 5.56 Å². The molecular formula is C14H13FN2O2. The van der Waals surface area contributed by atoms with Crippen molar-refractivity contribution in [1.29, 1.82) is 0 Å². The van der Waals surface area contributed by atoms with Crippen molar-refractivity contribution in [3.8, 4) is 5.75 Å². The maximum atomic E-state index is 12.8. The number of hydrogen-bond acceptors (Lipinski definition) is 3. The van der Waals surface area contributed by atoms with Crippen LogP contribution in [0, 0.1) is 12.7 Å². The zero-order valence-electron chi connectivity index (χ0n) is 10.4. The van der Waals surface area contributed by atoms with Crippen LogP contribution in [0.15, 0.2) is 36.7 Å². The van der Waals surface area contributed by atoms with E-state index in [1.54, 1.807) is 12.4 Å². The number of nitrogens with one attached hydrogen (secondary N) is 1. The quantitative estimate of drug-likeness (QED) is 0.889. The predicted molar refractivity (Wildman–Crippen MR) is 68.2 cm³/mol. The summed E-state index contributed by atoms with van der Waals surface area (Å²) >= 11 is 0. The number of pyridine rings is 1. The Bertz CT molecular complexity index is 614. The highest BCUT2D eigenvalue weighted by molar-refractivity contribution is 5.96. The highest BCUT2D eigenvalue weighted by Crippen LogP contribution is 2.18. The summed E-state index contributed by atoms with van der Waals surface area (Å²) in [6.07, 6.45) is 3.34. The Morgan fingerprint density at radius 2 is 2.21 bits per heavy atom. The number of nitrogens with zero attached hydrogens (tertiary/aromatic N) is 1. The molecule has 2 aromatic rings. The highest BCUT2D eigenvalue weighted by Gasteiger charge is 2.11. The fraction of sp³-hybridized carbons (Fsp3) is 0.143. The van der Waals surface area contributed by atoms with Crippen LogP contribution in [0.5, 0.6) is 5.75 Å². The lowest BCUT2D eigenvalue weighted by molar-refractivity contribution is 0.0948. The molecule has 98 valence electrons. The minimum absolute atomic E-state index is 0.0444. The summed E-state index contributed by atoms with van der Waals surface area (Å²) in [4.78, 5) is 15.8. The Morgan fingerprint density at radius 1 is 1.42 bits per heavy atom. The predicted octanol–water partition coefficient (Wildman–Crippen LogP) is 2.16. The molecule has 1 heterocycles. The number of halogens is 1. The lowest BCUT2D eigenvalue weighted by Crippen LogP contribution is -2.23. The first kappa shape index (κ1) is 13.0. The summed E-state index contributed by atoms with van der Waals surface area (Å²) < 4.78 is 12.8. The molecule has 1 amide bonds. The van der Waals surface area contributed by atoms with E-state index in [4.69, 9.17) is 0 Å². The molecule has 0 saturated heterocycles. The van der Waals surface area contributed by atoms with Crippen LogP contribution in [0.4, 0.5) is 4.39 Å². The first-order chi connectivity index (χ1) is 9.08. The van der Waals surface area contributed by atoms with Crippen LogP contribution in [0.1, 0.15) is 21.5 Å². The number of aromatic nitrogens is 1. The topological polar surface area (TPSA) is 62.2 Å². The summed E-state index contributed by atoms with van der Waals surface area (Å²) in [5.41, 5.74) is 1.94. The Labute approximate surface area is 109 Å². The van der Waals surface area contributed by atoms with Crippen molar-refractivity contribution in [3.05, 3.63) is 59.2 Å². The lowest BCUT2D eigenvalue weighted by Gasteiger charge is -2.08. The SMILES string of the molecule is Cc1ccncc1CNC(=O)c1ccc(F)cc1O. The van der Waals surface area contributed by atoms with Crippen LogP contribution >= 0.6 is 0 Å². The van der Waals surface area contributed by atoms with Gasteiger partial charge in [-0.15, -0.1) is 0 Å². The van der Waals surface area contributed by atoms with Crippen molar-refractivity contribution >= 4 is 5.91 Å². The third kappa shape index (κ3) is 3.07. The van der Waals surface area contributed by atoms with Crippen molar-refractivity contribution in [3.63, 3.8) is 0 Å². The number of hydrogen-bond donors (Lipinski definition) is 2. The Hall–Kier alpha value is -2.43. The molecule has 0 aliphatic heterocycles. The van der Waals surface area contributed by atoms with Gasteiger partial charge in [-0.3, -0.25) is 9.78 Å². The average molecular weight is 260 g/mol. The standard InChI is InChI=1S/C14H13FN2O2/c1-9-4-5-16-7-10(9)8-17-14(19)12-3-2-11(15)6-13(12)18/h2-7,18H,8H2,1H3,(H,17,19). The molecule has 1 aromatic heterocycles. The molecule has 0 aliphatic carbocycles. The van der Waals surface area contributed by atoms with E-state index in [0.29, 0.717) is 6.54 Å². The minimum atomic E-state index is -0.586. The summed E-state index contributed by atoms with van der Waals surface area (Å²) in [6.45, 7) is 2.22. The van der Waals surface area contributed by atoms with Gasteiger partial charge >= 0.3 is 0 Å². The van der Waals surface area contributed by atoms with Crippen molar-refractivity contribution in [2.45, 2.75) is 13.5 Å². The zero-order valence-corrected chi connectivity index (χ0v) is 10.4. The van der Waals surface area contributed by atoms with Crippen LogP contribution in [0.2, 0.25) is 0 Å². The highest BCUT2D eigenvalue weighted by atomic mass is 19.1. The van der Waals surface area contributed by atoms with E-state index in [-0.39, 0.29) is 11.3 Å². The fourth-order valence-corrected chi connectivity index (χ4v) is 1.65. The molecule has 0 atom stereocenters. The van der Waals surface area contributed by atoms with E-state index in [0.717, 1.165) is 23.3 Å². The first-order valence-electron chi connectivity index (χ1n) is 5.74. The van der Waals surface area contributed by atoms with Gasteiger partial charge in [-0.05, 0) is 36.2 Å². The normalized spacial score (nSPS) is 10.2. The van der Waals surface area contributed by atoms with E-state index < -0.39 is 11.7 Å². The lowest BCUT2D eigenvalue weighted by atomic mass is 10.1. The number of aromatic hydroxyl groups is 1. The second-order valence-electron chi connectivity index (χ2n) is 4.15. The van der Waals surface area contributed by atoms with Crippen molar-refractivity contribution in [1.82, 2.24) is 10.3 Å². The molecule has 0 aliphatic rings. The molecule has 2 rings (SSSR count). The molecule has 0 radical (unpaired) electrons. The maximum Gasteiger partial charge on any atom is 0.255 e. The molecule has 4 nitrogen and oxygen atoms in total. The van der Waals surface area contributed by atoms with Crippen LogP contribution in [0.3, 0.4) is 0 Å². The number of phenolic OH excluding ortho intramolecular Hbond substituents is 1. The van der Waals surface area contributed by atoms with Gasteiger partial charge in [-0.25, -0.2) is 4.39 Å². The summed E-state index contributed by atoms with van der Waals surface area (Å²) in [5.74, 6) is -1.42. The van der Waals surface area contributed by atoms with Gasteiger partial charge in [-0.2, -0.15) is 0 Å². The van der Waals surface area contributed by atoms with Crippen molar-refractivity contribution in [2.24, 2.45) is 0 Å². The molecule has 19 heavy (non-hydrogen) atoms. The average Bonchev–Trinajstić information content (AvgIpc) is 2.37. The number of benzene rings is 1. The third-order valence-corrected chi connectivity index (χ3v) is 2.79. The van der Waals surface area contributed by atoms with Gasteiger partial charge in [0, 0.05) is 25.0 Å². The van der Waals surface area contributed by atoms with E-state index in [9.17, 15) is 14.3 Å². The van der Waals surface area contributed by atoms with E-state index in [2.05, 4.69) is 10.3 Å². The molecule has 5 heteroatoms. The van der Waals surface area contributed by atoms with Gasteiger partial charge in [0.1, 0.15) is 11.6 Å². The fourth-order valence-electron chi connectivity index (χ4n) is 1.65. The Balaban J connectivity index is 2.08. The van der Waals surface area contributed by atoms with Crippen LogP contribution in [-0.2, 0) is 6.54 Å². The van der Waals surface area contributed by atoms with E-state index in [1.165, 1.54) is 6.07 Å². The number of phenols is 1. The van der Waals surface area contributed by atoms with Crippen molar-refractivity contribution in [2.75, 3.05) is 0 Å². The van der Waals surface area contributed by atoms with Gasteiger partial charge < -0.3 is 10.4 Å². The van der Waals surface area contributed by atoms with Crippen molar-refractivity contribution < 1.29 is 14.3 Å². The van der Waals surface area contributed by atoms with Crippen LogP contribution in [-0.4, -0.2) is 16.0 Å². The largest absolute Gasteiger partial charge is 0.507 e. The van der Waals surface area contributed by atoms with Gasteiger partial charge in [0.15, 0.2) is 0 Å². The monoisotopic (exact) mass is 260 g/mol. The summed E-state index contributed by atoms with van der Waals surface area (Å²) in [5, 5.41) is 12.2. The summed E-state index contributed by atoms with van der Waals surface area (Å²) in [6, 6.07) is 5.13. The smallest absolute Gasteiger partial charge is 0.255 e. The van der Waals surface area contributed by atoms with Crippen LogP contribution in [0.25, 0.3) is 0 Å². The zero-order chi connectivity index (χ0) is 13.8. The minimum Gasteiger partial charge on any atom is -0.507 e. The molecule has 0 fully saturated rings. The summed E-state index contributed by atoms with van der Waals surface area (Å²) in [7, 11) is 0. The van der Waals surface area contributed by atoms with Gasteiger partial charge in [0.25, 0.3) is 5.91 Å². The molecule has 0 spiro atoms. The molecular weight excluding hydrogens is 247 g/mol. The number of carbonyl (C=O) groups excluding carboxylic acids is 1. The second-order valence-corrected chi connectivity index (χ2v) is 4.15.